The molecule has 2 nitrogen and oxygen atoms in total. The fourth-order valence-corrected chi connectivity index (χ4v) is 4.73. The zero-order valence-corrected chi connectivity index (χ0v) is 13.6. The molecule has 112 valence electrons. The van der Waals surface area contributed by atoms with Crippen molar-refractivity contribution in [3.05, 3.63) is 0 Å². The summed E-state index contributed by atoms with van der Waals surface area (Å²) in [5, 5.41) is 0. The summed E-state index contributed by atoms with van der Waals surface area (Å²) in [7, 11) is 0. The fraction of sp³-hybridized carbons (Fsp3) is 1.00. The lowest BCUT2D eigenvalue weighted by molar-refractivity contribution is -0.103. The van der Waals surface area contributed by atoms with E-state index in [9.17, 15) is 0 Å². The summed E-state index contributed by atoms with van der Waals surface area (Å²) in [4.78, 5) is 11.3. The Morgan fingerprint density at radius 2 is 1.47 bits per heavy atom. The van der Waals surface area contributed by atoms with Crippen molar-refractivity contribution in [3.8, 4) is 0 Å². The van der Waals surface area contributed by atoms with Crippen LogP contribution >= 0.6 is 0 Å². The molecule has 1 saturated carbocycles. The molecular weight excluding hydrogens is 236 g/mol. The van der Waals surface area contributed by atoms with Gasteiger partial charge in [0, 0.05) is 11.8 Å². The van der Waals surface area contributed by atoms with Gasteiger partial charge in [-0.15, -0.1) is 0 Å². The molecule has 2 heteroatoms. The van der Waals surface area contributed by atoms with Crippen LogP contribution in [0.25, 0.3) is 0 Å². The third-order valence-electron chi connectivity index (χ3n) is 5.70. The third-order valence-corrected chi connectivity index (χ3v) is 5.70. The molecule has 0 radical (unpaired) electrons. The molecule has 0 aromatic rings. The largest absolute Gasteiger partial charge is 0.240 e. The Labute approximate surface area is 119 Å². The van der Waals surface area contributed by atoms with Gasteiger partial charge in [0.15, 0.2) is 0 Å². The van der Waals surface area contributed by atoms with Crippen LogP contribution in [-0.2, 0) is 9.78 Å². The highest BCUT2D eigenvalue weighted by atomic mass is 17.4. The van der Waals surface area contributed by atoms with E-state index < -0.39 is 0 Å². The summed E-state index contributed by atoms with van der Waals surface area (Å²) in [6.45, 7) is 11.8. The summed E-state index contributed by atoms with van der Waals surface area (Å²) >= 11 is 0. The van der Waals surface area contributed by atoms with Crippen LogP contribution in [0.1, 0.15) is 86.0 Å². The topological polar surface area (TPSA) is 25.1 Å². The van der Waals surface area contributed by atoms with Crippen molar-refractivity contribution < 1.29 is 9.78 Å². The van der Waals surface area contributed by atoms with E-state index in [1.807, 2.05) is 0 Å². The molecule has 1 atom stereocenters. The Morgan fingerprint density at radius 3 is 1.89 bits per heavy atom. The second kappa shape index (κ2) is 5.37. The van der Waals surface area contributed by atoms with Crippen LogP contribution in [0, 0.1) is 16.7 Å². The molecule has 0 amide bonds. The Kier molecular flexibility index (Phi) is 4.32. The number of rotatable bonds is 6. The van der Waals surface area contributed by atoms with E-state index in [4.69, 9.17) is 9.78 Å². The van der Waals surface area contributed by atoms with Crippen LogP contribution in [0.3, 0.4) is 0 Å². The molecule has 0 aromatic heterocycles. The molecule has 1 heterocycles. The van der Waals surface area contributed by atoms with Crippen LogP contribution in [0.4, 0.5) is 0 Å². The van der Waals surface area contributed by atoms with Crippen LogP contribution < -0.4 is 0 Å². The quantitative estimate of drug-likeness (QED) is 0.471. The normalized spacial score (nSPS) is 30.5. The van der Waals surface area contributed by atoms with Crippen molar-refractivity contribution in [1.82, 2.24) is 0 Å². The molecule has 1 aliphatic heterocycles. The zero-order chi connectivity index (χ0) is 14.1. The Bertz CT molecular complexity index is 286. The molecule has 0 bridgehead atoms. The first-order valence-electron chi connectivity index (χ1n) is 8.30. The molecule has 1 saturated heterocycles. The average Bonchev–Trinajstić information content (AvgIpc) is 3.07. The van der Waals surface area contributed by atoms with Gasteiger partial charge in [-0.2, -0.15) is 9.78 Å². The van der Waals surface area contributed by atoms with Gasteiger partial charge in [-0.05, 0) is 30.6 Å². The first-order chi connectivity index (χ1) is 8.93. The number of hydrogen-bond acceptors (Lipinski definition) is 2. The van der Waals surface area contributed by atoms with Crippen molar-refractivity contribution >= 4 is 0 Å². The highest BCUT2D eigenvalue weighted by Crippen LogP contribution is 2.68. The van der Waals surface area contributed by atoms with Crippen molar-refractivity contribution in [2.75, 3.05) is 0 Å². The lowest BCUT2D eigenvalue weighted by Crippen LogP contribution is -2.54. The van der Waals surface area contributed by atoms with E-state index in [0.29, 0.717) is 11.3 Å². The van der Waals surface area contributed by atoms with Gasteiger partial charge < -0.3 is 0 Å². The lowest BCUT2D eigenvalue weighted by atomic mass is 9.50. The van der Waals surface area contributed by atoms with E-state index in [2.05, 4.69) is 34.6 Å². The lowest BCUT2D eigenvalue weighted by Gasteiger charge is -2.54. The zero-order valence-electron chi connectivity index (χ0n) is 13.6. The Hall–Kier alpha value is -0.0800. The predicted octanol–water partition coefficient (Wildman–Crippen LogP) is 5.47. The van der Waals surface area contributed by atoms with Gasteiger partial charge in [0.25, 0.3) is 0 Å². The average molecular weight is 268 g/mol. The van der Waals surface area contributed by atoms with Crippen LogP contribution in [0.2, 0.25) is 0 Å². The molecule has 2 fully saturated rings. The predicted molar refractivity (Wildman–Crippen MR) is 78.6 cm³/mol. The van der Waals surface area contributed by atoms with Gasteiger partial charge >= 0.3 is 0 Å². The van der Waals surface area contributed by atoms with Crippen molar-refractivity contribution in [2.24, 2.45) is 16.7 Å². The molecule has 2 rings (SSSR count). The van der Waals surface area contributed by atoms with Crippen LogP contribution in [-0.4, -0.2) is 5.79 Å². The molecular formula is C17H32O2. The van der Waals surface area contributed by atoms with Gasteiger partial charge in [-0.3, -0.25) is 0 Å². The molecule has 1 unspecified atom stereocenters. The third kappa shape index (κ3) is 2.47. The van der Waals surface area contributed by atoms with E-state index in [1.54, 1.807) is 0 Å². The minimum atomic E-state index is -0.251. The van der Waals surface area contributed by atoms with Crippen LogP contribution in [0.15, 0.2) is 0 Å². The minimum Gasteiger partial charge on any atom is -0.194 e. The van der Waals surface area contributed by atoms with E-state index >= 15 is 0 Å². The van der Waals surface area contributed by atoms with Gasteiger partial charge in [0.05, 0.1) is 0 Å². The van der Waals surface area contributed by atoms with Crippen molar-refractivity contribution in [3.63, 3.8) is 0 Å². The van der Waals surface area contributed by atoms with E-state index in [1.165, 1.54) is 44.9 Å². The summed E-state index contributed by atoms with van der Waals surface area (Å²) in [6.07, 6.45) is 9.99. The van der Waals surface area contributed by atoms with E-state index in [-0.39, 0.29) is 11.2 Å². The first-order valence-corrected chi connectivity index (χ1v) is 8.30. The Balaban J connectivity index is 2.29. The van der Waals surface area contributed by atoms with Crippen molar-refractivity contribution in [1.29, 1.82) is 0 Å². The highest BCUT2D eigenvalue weighted by molar-refractivity contribution is 5.09. The van der Waals surface area contributed by atoms with Gasteiger partial charge in [-0.25, -0.2) is 0 Å². The highest BCUT2D eigenvalue weighted by Gasteiger charge is 2.71. The molecule has 0 aromatic carbocycles. The molecule has 2 aliphatic rings. The first kappa shape index (κ1) is 15.3. The number of hydrogen-bond donors (Lipinski definition) is 0. The minimum absolute atomic E-state index is 0.221. The second-order valence-corrected chi connectivity index (χ2v) is 7.61. The van der Waals surface area contributed by atoms with E-state index in [0.717, 1.165) is 6.42 Å². The van der Waals surface area contributed by atoms with Crippen LogP contribution in [0.5, 0.6) is 0 Å². The molecule has 19 heavy (non-hydrogen) atoms. The summed E-state index contributed by atoms with van der Waals surface area (Å²) < 4.78 is 0. The standard InChI is InChI=1S/C17H32O2/c1-6-8-10-16(11-9-7-2)15(4,5)12-14(3)13-17(16)18-19-17/h14H,6-13H2,1-5H3. The molecule has 0 N–H and O–H groups in total. The molecule has 1 aliphatic carbocycles. The smallest absolute Gasteiger partial charge is 0.194 e. The van der Waals surface area contributed by atoms with Gasteiger partial charge in [0.1, 0.15) is 0 Å². The number of unbranched alkanes of at least 4 members (excludes halogenated alkanes) is 2. The maximum absolute atomic E-state index is 5.65. The summed E-state index contributed by atoms with van der Waals surface area (Å²) in [6, 6.07) is 0. The van der Waals surface area contributed by atoms with Crippen molar-refractivity contribution in [2.45, 2.75) is 91.8 Å². The van der Waals surface area contributed by atoms with Gasteiger partial charge in [-0.1, -0.05) is 60.3 Å². The Morgan fingerprint density at radius 1 is 0.947 bits per heavy atom. The summed E-state index contributed by atoms with van der Waals surface area (Å²) in [5.74, 6) is 0.451. The monoisotopic (exact) mass is 268 g/mol. The van der Waals surface area contributed by atoms with Gasteiger partial charge in [0.2, 0.25) is 5.79 Å². The maximum atomic E-state index is 5.65. The summed E-state index contributed by atoms with van der Waals surface area (Å²) in [5.41, 5.74) is 0.532. The molecule has 1 spiro atoms. The SMILES string of the molecule is CCCCC1(CCCC)C(C)(C)CC(C)CC12OO2. The fourth-order valence-electron chi connectivity index (χ4n) is 4.73. The second-order valence-electron chi connectivity index (χ2n) is 7.61. The maximum Gasteiger partial charge on any atom is 0.240 e.